The zero-order valence-electron chi connectivity index (χ0n) is 22.9. The van der Waals surface area contributed by atoms with Crippen molar-refractivity contribution in [2.24, 2.45) is 22.7 Å². The van der Waals surface area contributed by atoms with Crippen LogP contribution in [0.2, 0.25) is 0 Å². The molecule has 2 aromatic carbocycles. The number of fused-ring (bicyclic) bond motifs is 3. The number of hydrogen-bond donors (Lipinski definition) is 0. The molecule has 37 heavy (non-hydrogen) atoms. The molecule has 0 amide bonds. The van der Waals surface area contributed by atoms with E-state index in [9.17, 15) is 0 Å². The van der Waals surface area contributed by atoms with Crippen LogP contribution in [-0.2, 0) is 16.1 Å². The maximum atomic E-state index is 6.81. The van der Waals surface area contributed by atoms with Gasteiger partial charge in [-0.1, -0.05) is 86.9 Å². The van der Waals surface area contributed by atoms with Crippen LogP contribution in [0.1, 0.15) is 78.2 Å². The molecule has 198 valence electrons. The van der Waals surface area contributed by atoms with E-state index >= 15 is 0 Å². The second-order valence-corrected chi connectivity index (χ2v) is 12.6. The summed E-state index contributed by atoms with van der Waals surface area (Å²) in [5, 5.41) is 0.232. The normalized spacial score (nSPS) is 31.0. The summed E-state index contributed by atoms with van der Waals surface area (Å²) in [5.74, 6) is 1.33. The smallest absolute Gasteiger partial charge is 0.358 e. The fourth-order valence-electron chi connectivity index (χ4n) is 7.67. The van der Waals surface area contributed by atoms with Crippen molar-refractivity contribution >= 4 is 17.5 Å². The Hall–Kier alpha value is -2.17. The Morgan fingerprint density at radius 1 is 0.919 bits per heavy atom. The Morgan fingerprint density at radius 3 is 2.35 bits per heavy atom. The van der Waals surface area contributed by atoms with Crippen molar-refractivity contribution in [2.45, 2.75) is 91.5 Å². The van der Waals surface area contributed by atoms with Crippen LogP contribution >= 0.6 is 12.2 Å². The molecule has 0 aliphatic heterocycles. The van der Waals surface area contributed by atoms with Crippen molar-refractivity contribution in [3.05, 3.63) is 77.4 Å². The van der Waals surface area contributed by atoms with Gasteiger partial charge in [-0.3, -0.25) is 0 Å². The fourth-order valence-corrected chi connectivity index (χ4v) is 7.88. The first kappa shape index (κ1) is 26.4. The van der Waals surface area contributed by atoms with E-state index in [4.69, 9.17) is 26.4 Å². The second-order valence-electron chi connectivity index (χ2n) is 12.3. The predicted molar refractivity (Wildman–Crippen MR) is 153 cm³/mol. The van der Waals surface area contributed by atoms with Crippen LogP contribution in [0.25, 0.3) is 0 Å². The third-order valence-corrected chi connectivity index (χ3v) is 9.85. The molecule has 0 unspecified atom stereocenters. The van der Waals surface area contributed by atoms with Crippen molar-refractivity contribution in [1.29, 1.82) is 0 Å². The first-order valence-corrected chi connectivity index (χ1v) is 14.5. The lowest BCUT2D eigenvalue weighted by Crippen LogP contribution is -2.56. The van der Waals surface area contributed by atoms with E-state index in [1.54, 1.807) is 11.1 Å². The average molecular weight is 519 g/mol. The summed E-state index contributed by atoms with van der Waals surface area (Å²) in [5.41, 5.74) is 4.62. The zero-order valence-corrected chi connectivity index (χ0v) is 23.7. The Kier molecular flexibility index (Phi) is 7.79. The molecule has 0 radical (unpaired) electrons. The van der Waals surface area contributed by atoms with E-state index in [1.807, 2.05) is 30.3 Å². The fraction of sp³-hybridized carbons (Fsp3) is 0.545. The lowest BCUT2D eigenvalue weighted by molar-refractivity contribution is -0.150. The highest BCUT2D eigenvalue weighted by Gasteiger charge is 2.56. The van der Waals surface area contributed by atoms with Gasteiger partial charge in [0.05, 0.1) is 12.7 Å². The van der Waals surface area contributed by atoms with Gasteiger partial charge in [-0.15, -0.1) is 0 Å². The Morgan fingerprint density at radius 2 is 1.62 bits per heavy atom. The maximum absolute atomic E-state index is 6.81. The van der Waals surface area contributed by atoms with Crippen LogP contribution in [0.5, 0.6) is 5.75 Å². The summed E-state index contributed by atoms with van der Waals surface area (Å²) < 4.78 is 19.6. The van der Waals surface area contributed by atoms with Crippen molar-refractivity contribution in [1.82, 2.24) is 0 Å². The molecule has 0 N–H and O–H groups in total. The van der Waals surface area contributed by atoms with Crippen LogP contribution in [0, 0.1) is 22.7 Å². The van der Waals surface area contributed by atoms with E-state index in [2.05, 4.69) is 58.0 Å². The Balaban J connectivity index is 1.49. The number of allylic oxidation sites excluding steroid dienone is 2. The lowest BCUT2D eigenvalue weighted by Gasteiger charge is -2.57. The highest BCUT2D eigenvalue weighted by Crippen LogP contribution is 2.59. The van der Waals surface area contributed by atoms with Gasteiger partial charge in [-0.25, -0.2) is 0 Å². The van der Waals surface area contributed by atoms with Crippen LogP contribution in [0.15, 0.2) is 71.8 Å². The number of ether oxygens (including phenoxy) is 3. The van der Waals surface area contributed by atoms with E-state index < -0.39 is 0 Å². The Labute approximate surface area is 228 Å². The van der Waals surface area contributed by atoms with E-state index in [0.717, 1.165) is 31.4 Å². The third kappa shape index (κ3) is 5.52. The standard InChI is InChI=1S/C33H42O3S/c1-23-17-18-27-30(36-31(37)35-25-14-9-6-10-15-25)29-28(34-22-24-12-7-5-8-13-24)16-11-20-33(29,4)21-19-26(23)32(27,2)3/h5-10,12-15,27-30H,11,16-22H2,1-4H3/t27-,28+,29-,30-,33-/m0/s1. The van der Waals surface area contributed by atoms with Crippen molar-refractivity contribution in [3.8, 4) is 5.75 Å². The minimum Gasteiger partial charge on any atom is -0.453 e. The molecule has 0 heterocycles. The van der Waals surface area contributed by atoms with Gasteiger partial charge in [0, 0.05) is 24.1 Å². The van der Waals surface area contributed by atoms with Gasteiger partial charge in [0.2, 0.25) is 0 Å². The van der Waals surface area contributed by atoms with Crippen molar-refractivity contribution in [3.63, 3.8) is 0 Å². The van der Waals surface area contributed by atoms with Gasteiger partial charge in [0.15, 0.2) is 0 Å². The van der Waals surface area contributed by atoms with Gasteiger partial charge in [0.1, 0.15) is 11.9 Å². The Bertz CT molecular complexity index is 1110. The molecule has 0 saturated heterocycles. The molecule has 0 aromatic heterocycles. The second kappa shape index (κ2) is 10.9. The first-order valence-electron chi connectivity index (χ1n) is 14.1. The maximum Gasteiger partial charge on any atom is 0.358 e. The molecule has 5 atom stereocenters. The summed E-state index contributed by atoms with van der Waals surface area (Å²) in [6, 6.07) is 20.3. The molecule has 2 fully saturated rings. The highest BCUT2D eigenvalue weighted by molar-refractivity contribution is 7.79. The molecule has 5 rings (SSSR count). The summed E-state index contributed by atoms with van der Waals surface area (Å²) in [6.07, 6.45) is 8.11. The van der Waals surface area contributed by atoms with Gasteiger partial charge in [-0.05, 0) is 74.0 Å². The molecule has 3 aliphatic rings. The van der Waals surface area contributed by atoms with E-state index in [0.29, 0.717) is 12.5 Å². The monoisotopic (exact) mass is 518 g/mol. The summed E-state index contributed by atoms with van der Waals surface area (Å²) in [7, 11) is 0. The van der Waals surface area contributed by atoms with Crippen molar-refractivity contribution in [2.75, 3.05) is 0 Å². The largest absolute Gasteiger partial charge is 0.453 e. The summed E-state index contributed by atoms with van der Waals surface area (Å²) in [6.45, 7) is 10.3. The lowest BCUT2D eigenvalue weighted by atomic mass is 9.51. The number of benzene rings is 2. The molecule has 2 saturated carbocycles. The van der Waals surface area contributed by atoms with E-state index in [-0.39, 0.29) is 34.2 Å². The molecule has 4 heteroatoms. The third-order valence-electron chi connectivity index (χ3n) is 9.67. The van der Waals surface area contributed by atoms with Crippen molar-refractivity contribution < 1.29 is 14.2 Å². The molecular weight excluding hydrogens is 476 g/mol. The molecule has 2 aromatic rings. The first-order chi connectivity index (χ1) is 17.8. The SMILES string of the molecule is CC1=C2CC[C@]3(C)CCC[C@@H](OCc4ccccc4)[C@H]3[C@@H](OC(=S)Oc3ccccc3)[C@H](CC1)C2(C)C. The summed E-state index contributed by atoms with van der Waals surface area (Å²) >= 11 is 5.75. The molecule has 3 aliphatic carbocycles. The van der Waals surface area contributed by atoms with Gasteiger partial charge in [0.25, 0.3) is 0 Å². The van der Waals surface area contributed by atoms with Gasteiger partial charge < -0.3 is 14.2 Å². The van der Waals surface area contributed by atoms with Crippen LogP contribution in [-0.4, -0.2) is 17.4 Å². The van der Waals surface area contributed by atoms with Crippen LogP contribution in [0.4, 0.5) is 0 Å². The average Bonchev–Trinajstić information content (AvgIpc) is 2.87. The van der Waals surface area contributed by atoms with Gasteiger partial charge in [-0.2, -0.15) is 0 Å². The molecule has 3 nitrogen and oxygen atoms in total. The topological polar surface area (TPSA) is 27.7 Å². The molecule has 2 bridgehead atoms. The number of rotatable bonds is 5. The number of thiocarbonyl (C=S) groups is 1. The molecule has 0 spiro atoms. The van der Waals surface area contributed by atoms with E-state index in [1.165, 1.54) is 24.8 Å². The zero-order chi connectivity index (χ0) is 26.0. The molecular formula is C33H42O3S. The minimum atomic E-state index is -0.0549. The van der Waals surface area contributed by atoms with Crippen LogP contribution < -0.4 is 4.74 Å². The van der Waals surface area contributed by atoms with Gasteiger partial charge >= 0.3 is 5.24 Å². The quantitative estimate of drug-likeness (QED) is 0.292. The number of para-hydroxylation sites is 1. The minimum absolute atomic E-state index is 0.0537. The predicted octanol–water partition coefficient (Wildman–Crippen LogP) is 8.67. The van der Waals surface area contributed by atoms with Crippen LogP contribution in [0.3, 0.4) is 0 Å². The highest BCUT2D eigenvalue weighted by atomic mass is 32.1. The number of hydrogen-bond acceptors (Lipinski definition) is 4. The summed E-state index contributed by atoms with van der Waals surface area (Å²) in [4.78, 5) is 0.